The van der Waals surface area contributed by atoms with Crippen LogP contribution in [0.15, 0.2) is 24.4 Å². The minimum atomic E-state index is -0.161. The van der Waals surface area contributed by atoms with Gasteiger partial charge in [-0.05, 0) is 37.1 Å². The summed E-state index contributed by atoms with van der Waals surface area (Å²) >= 11 is 0. The maximum Gasteiger partial charge on any atom is 0.123 e. The number of hydrogen-bond acceptors (Lipinski definition) is 2. The van der Waals surface area contributed by atoms with Crippen LogP contribution in [-0.2, 0) is 4.74 Å². The largest absolute Gasteiger partial charge is 0.383 e. The van der Waals surface area contributed by atoms with Gasteiger partial charge in [0.1, 0.15) is 5.82 Å². The van der Waals surface area contributed by atoms with E-state index in [4.69, 9.17) is 4.74 Å². The molecule has 2 aromatic rings. The quantitative estimate of drug-likeness (QED) is 0.854. The third-order valence-electron chi connectivity index (χ3n) is 4.25. The smallest absolute Gasteiger partial charge is 0.123 e. The van der Waals surface area contributed by atoms with E-state index in [2.05, 4.69) is 22.6 Å². The number of aryl methyl sites for hydroxylation is 1. The molecule has 1 aliphatic heterocycles. The zero-order valence-electron chi connectivity index (χ0n) is 12.1. The number of aromatic nitrogens is 1. The maximum atomic E-state index is 13.4. The first-order valence-corrected chi connectivity index (χ1v) is 7.17. The van der Waals surface area contributed by atoms with E-state index < -0.39 is 0 Å². The van der Waals surface area contributed by atoms with Crippen molar-refractivity contribution in [2.24, 2.45) is 0 Å². The fourth-order valence-corrected chi connectivity index (χ4v) is 3.16. The molecule has 0 amide bonds. The van der Waals surface area contributed by atoms with Gasteiger partial charge in [0.25, 0.3) is 0 Å². The highest BCUT2D eigenvalue weighted by Crippen LogP contribution is 2.29. The molecule has 0 bridgehead atoms. The number of likely N-dealkylation sites (tertiary alicyclic amines) is 1. The third-order valence-corrected chi connectivity index (χ3v) is 4.25. The molecule has 20 heavy (non-hydrogen) atoms. The molecule has 0 radical (unpaired) electrons. The Morgan fingerprint density at radius 1 is 1.40 bits per heavy atom. The van der Waals surface area contributed by atoms with Crippen LogP contribution in [0, 0.1) is 12.7 Å². The van der Waals surface area contributed by atoms with Crippen LogP contribution < -0.4 is 0 Å². The molecule has 3 nitrogen and oxygen atoms in total. The molecule has 1 unspecified atom stereocenters. The van der Waals surface area contributed by atoms with Gasteiger partial charge >= 0.3 is 0 Å². The normalized spacial score (nSPS) is 20.1. The minimum absolute atomic E-state index is 0.161. The topological polar surface area (TPSA) is 17.4 Å². The van der Waals surface area contributed by atoms with Crippen LogP contribution in [0.4, 0.5) is 4.39 Å². The molecule has 108 valence electrons. The Balaban J connectivity index is 1.85. The van der Waals surface area contributed by atoms with E-state index in [9.17, 15) is 4.39 Å². The molecule has 2 heterocycles. The summed E-state index contributed by atoms with van der Waals surface area (Å²) in [5.74, 6) is -0.161. The SMILES string of the molecule is COCCN1CCC(n2cc(C)c3cc(F)ccc32)C1. The fourth-order valence-electron chi connectivity index (χ4n) is 3.16. The Labute approximate surface area is 118 Å². The van der Waals surface area contributed by atoms with Crippen molar-refractivity contribution < 1.29 is 9.13 Å². The molecule has 0 aliphatic carbocycles. The molecule has 1 aromatic heterocycles. The summed E-state index contributed by atoms with van der Waals surface area (Å²) in [5.41, 5.74) is 2.29. The van der Waals surface area contributed by atoms with Gasteiger partial charge in [0.2, 0.25) is 0 Å². The van der Waals surface area contributed by atoms with Gasteiger partial charge in [-0.3, -0.25) is 4.90 Å². The van der Waals surface area contributed by atoms with Crippen LogP contribution in [0.2, 0.25) is 0 Å². The van der Waals surface area contributed by atoms with E-state index in [1.165, 1.54) is 0 Å². The van der Waals surface area contributed by atoms with Gasteiger partial charge in [0.05, 0.1) is 6.61 Å². The molecular weight excluding hydrogens is 255 g/mol. The van der Waals surface area contributed by atoms with E-state index in [-0.39, 0.29) is 5.82 Å². The Bertz CT molecular complexity index is 608. The van der Waals surface area contributed by atoms with Crippen LogP contribution in [0.3, 0.4) is 0 Å². The summed E-state index contributed by atoms with van der Waals surface area (Å²) in [6, 6.07) is 5.57. The average molecular weight is 276 g/mol. The number of ether oxygens (including phenoxy) is 1. The first-order valence-electron chi connectivity index (χ1n) is 7.17. The average Bonchev–Trinajstić information content (AvgIpc) is 3.02. The zero-order chi connectivity index (χ0) is 14.1. The van der Waals surface area contributed by atoms with E-state index in [1.54, 1.807) is 19.2 Å². The van der Waals surface area contributed by atoms with Gasteiger partial charge in [-0.25, -0.2) is 4.39 Å². The van der Waals surface area contributed by atoms with E-state index in [1.807, 2.05) is 6.07 Å². The Morgan fingerprint density at radius 3 is 3.05 bits per heavy atom. The van der Waals surface area contributed by atoms with Crippen LogP contribution in [0.1, 0.15) is 18.0 Å². The number of methoxy groups -OCH3 is 1. The molecule has 0 spiro atoms. The molecule has 0 N–H and O–H groups in total. The van der Waals surface area contributed by atoms with Gasteiger partial charge in [-0.1, -0.05) is 0 Å². The zero-order valence-corrected chi connectivity index (χ0v) is 12.1. The van der Waals surface area contributed by atoms with Crippen molar-refractivity contribution in [3.05, 3.63) is 35.8 Å². The van der Waals surface area contributed by atoms with Crippen molar-refractivity contribution in [1.82, 2.24) is 9.47 Å². The van der Waals surface area contributed by atoms with E-state index >= 15 is 0 Å². The molecule has 4 heteroatoms. The maximum absolute atomic E-state index is 13.4. The summed E-state index contributed by atoms with van der Waals surface area (Å²) in [5, 5.41) is 1.03. The van der Waals surface area contributed by atoms with Crippen molar-refractivity contribution in [2.75, 3.05) is 33.4 Å². The molecular formula is C16H21FN2O. The highest BCUT2D eigenvalue weighted by molar-refractivity contribution is 5.84. The highest BCUT2D eigenvalue weighted by atomic mass is 19.1. The lowest BCUT2D eigenvalue weighted by molar-refractivity contribution is 0.159. The van der Waals surface area contributed by atoms with E-state index in [0.717, 1.165) is 49.1 Å². The van der Waals surface area contributed by atoms with Crippen molar-refractivity contribution in [1.29, 1.82) is 0 Å². The first kappa shape index (κ1) is 13.6. The predicted molar refractivity (Wildman–Crippen MR) is 78.6 cm³/mol. The van der Waals surface area contributed by atoms with Crippen molar-refractivity contribution in [3.8, 4) is 0 Å². The number of rotatable bonds is 4. The number of nitrogens with zero attached hydrogens (tertiary/aromatic N) is 2. The van der Waals surface area contributed by atoms with Gasteiger partial charge < -0.3 is 9.30 Å². The lowest BCUT2D eigenvalue weighted by atomic mass is 10.2. The molecule has 0 saturated carbocycles. The number of halogens is 1. The molecule has 1 atom stereocenters. The third kappa shape index (κ3) is 2.45. The summed E-state index contributed by atoms with van der Waals surface area (Å²) in [6.45, 7) is 5.97. The minimum Gasteiger partial charge on any atom is -0.383 e. The molecule has 1 fully saturated rings. The van der Waals surface area contributed by atoms with Crippen LogP contribution >= 0.6 is 0 Å². The Hall–Kier alpha value is -1.39. The second-order valence-corrected chi connectivity index (χ2v) is 5.62. The second kappa shape index (κ2) is 5.54. The monoisotopic (exact) mass is 276 g/mol. The highest BCUT2D eigenvalue weighted by Gasteiger charge is 2.24. The Morgan fingerprint density at radius 2 is 2.25 bits per heavy atom. The van der Waals surface area contributed by atoms with Gasteiger partial charge in [0, 0.05) is 49.9 Å². The number of benzene rings is 1. The Kier molecular flexibility index (Phi) is 3.76. The first-order chi connectivity index (χ1) is 9.69. The lowest BCUT2D eigenvalue weighted by Crippen LogP contribution is -2.25. The van der Waals surface area contributed by atoms with Crippen LogP contribution in [0.5, 0.6) is 0 Å². The summed E-state index contributed by atoms with van der Waals surface area (Å²) < 4.78 is 20.8. The van der Waals surface area contributed by atoms with Crippen molar-refractivity contribution >= 4 is 10.9 Å². The predicted octanol–water partition coefficient (Wildman–Crippen LogP) is 2.98. The number of fused-ring (bicyclic) bond motifs is 1. The lowest BCUT2D eigenvalue weighted by Gasteiger charge is -2.17. The van der Waals surface area contributed by atoms with Gasteiger partial charge in [0.15, 0.2) is 0 Å². The van der Waals surface area contributed by atoms with Crippen molar-refractivity contribution in [2.45, 2.75) is 19.4 Å². The molecule has 1 saturated heterocycles. The molecule has 1 aliphatic rings. The van der Waals surface area contributed by atoms with Crippen LogP contribution in [0.25, 0.3) is 10.9 Å². The second-order valence-electron chi connectivity index (χ2n) is 5.62. The summed E-state index contributed by atoms with van der Waals surface area (Å²) in [7, 11) is 1.74. The summed E-state index contributed by atoms with van der Waals surface area (Å²) in [6.07, 6.45) is 3.30. The van der Waals surface area contributed by atoms with Gasteiger partial charge in [-0.2, -0.15) is 0 Å². The number of hydrogen-bond donors (Lipinski definition) is 0. The van der Waals surface area contributed by atoms with Gasteiger partial charge in [-0.15, -0.1) is 0 Å². The summed E-state index contributed by atoms with van der Waals surface area (Å²) in [4.78, 5) is 2.43. The molecule has 3 rings (SSSR count). The molecule has 1 aromatic carbocycles. The fraction of sp³-hybridized carbons (Fsp3) is 0.500. The van der Waals surface area contributed by atoms with Crippen molar-refractivity contribution in [3.63, 3.8) is 0 Å². The standard InChI is InChI=1S/C16H21FN2O/c1-12-10-19(16-4-3-13(17)9-15(12)16)14-5-6-18(11-14)7-8-20-2/h3-4,9-10,14H,5-8,11H2,1-2H3. The van der Waals surface area contributed by atoms with E-state index in [0.29, 0.717) is 6.04 Å². The van der Waals surface area contributed by atoms with Crippen LogP contribution in [-0.4, -0.2) is 42.8 Å².